The predicted molar refractivity (Wildman–Crippen MR) is 130 cm³/mol. The van der Waals surface area contributed by atoms with Crippen LogP contribution in [-0.4, -0.2) is 6.79 Å². The molecule has 45 heavy (non-hydrogen) atoms. The summed E-state index contributed by atoms with van der Waals surface area (Å²) in [5, 5.41) is 0. The van der Waals surface area contributed by atoms with Crippen molar-refractivity contribution in [2.24, 2.45) is 0 Å². The first kappa shape index (κ1) is 33.1. The highest BCUT2D eigenvalue weighted by atomic mass is 19.3. The topological polar surface area (TPSA) is 36.9 Å². The fraction of sp³-hybridized carbons (Fsp3) is 0.172. The van der Waals surface area contributed by atoms with Gasteiger partial charge in [0.1, 0.15) is 80.7 Å². The van der Waals surface area contributed by atoms with Gasteiger partial charge in [-0.15, -0.1) is 0 Å². The molecule has 0 saturated carbocycles. The molecule has 0 N–H and O–H groups in total. The van der Waals surface area contributed by atoms with Crippen molar-refractivity contribution in [2.45, 2.75) is 26.1 Å². The van der Waals surface area contributed by atoms with Gasteiger partial charge in [0.2, 0.25) is 6.79 Å². The van der Waals surface area contributed by atoms with E-state index in [1.165, 1.54) is 0 Å². The Balaban J connectivity index is 1.45. The van der Waals surface area contributed by atoms with E-state index in [1.54, 1.807) is 0 Å². The average molecular weight is 656 g/mol. The molecule has 0 spiro atoms. The first-order valence-corrected chi connectivity index (χ1v) is 12.2. The Morgan fingerprint density at radius 1 is 0.422 bits per heavy atom. The standard InChI is InChI=1S/C29H16F12O4/c1-12-18(30)7-16(8-19(12)31)44-28(38,39)26-22(34)3-14(4-23(26)35)42-11-43-15-5-24(36)27(25(37)6-15)29(40,41)45-17-9-20(32)13(2)21(33)10-17/h3-10H,11H2,1-2H3. The number of alkyl halides is 4. The molecule has 0 atom stereocenters. The van der Waals surface area contributed by atoms with Gasteiger partial charge < -0.3 is 18.9 Å². The lowest BCUT2D eigenvalue weighted by atomic mass is 10.1. The van der Waals surface area contributed by atoms with Crippen LogP contribution in [-0.2, 0) is 12.2 Å². The second-order valence-electron chi connectivity index (χ2n) is 9.19. The van der Waals surface area contributed by atoms with Crippen molar-refractivity contribution in [3.8, 4) is 23.0 Å². The fourth-order valence-corrected chi connectivity index (χ4v) is 3.75. The lowest BCUT2D eigenvalue weighted by Gasteiger charge is -2.21. The van der Waals surface area contributed by atoms with Gasteiger partial charge in [-0.3, -0.25) is 0 Å². The van der Waals surface area contributed by atoms with Crippen molar-refractivity contribution in [2.75, 3.05) is 6.79 Å². The smallest absolute Gasteiger partial charge is 0.432 e. The zero-order valence-corrected chi connectivity index (χ0v) is 22.5. The van der Waals surface area contributed by atoms with E-state index >= 15 is 0 Å². The van der Waals surface area contributed by atoms with Crippen LogP contribution in [0.3, 0.4) is 0 Å². The van der Waals surface area contributed by atoms with Crippen molar-refractivity contribution in [3.63, 3.8) is 0 Å². The Morgan fingerprint density at radius 2 is 0.667 bits per heavy atom. The molecule has 0 saturated heterocycles. The maximum Gasteiger partial charge on any atom is 0.432 e. The van der Waals surface area contributed by atoms with Crippen LogP contribution < -0.4 is 18.9 Å². The molecule has 0 radical (unpaired) electrons. The predicted octanol–water partition coefficient (Wildman–Crippen LogP) is 9.09. The van der Waals surface area contributed by atoms with Gasteiger partial charge in [0, 0.05) is 59.7 Å². The van der Waals surface area contributed by atoms with Crippen molar-refractivity contribution in [1.82, 2.24) is 0 Å². The SMILES string of the molecule is Cc1c(F)cc(OC(F)(F)c2c(F)cc(OCOc3cc(F)c(C(F)(F)Oc4cc(F)c(C)c(F)c4)c(F)c3)cc2F)cc1F. The minimum absolute atomic E-state index is 0.230. The van der Waals surface area contributed by atoms with Crippen LogP contribution in [0.4, 0.5) is 52.7 Å². The first-order valence-electron chi connectivity index (χ1n) is 12.2. The molecule has 0 aromatic heterocycles. The minimum atomic E-state index is -4.78. The normalized spacial score (nSPS) is 11.9. The van der Waals surface area contributed by atoms with E-state index in [0.717, 1.165) is 13.8 Å². The lowest BCUT2D eigenvalue weighted by molar-refractivity contribution is -0.190. The van der Waals surface area contributed by atoms with Gasteiger partial charge in [-0.1, -0.05) is 0 Å². The van der Waals surface area contributed by atoms with Crippen molar-refractivity contribution < 1.29 is 71.6 Å². The maximum absolute atomic E-state index is 14.5. The van der Waals surface area contributed by atoms with Crippen molar-refractivity contribution >= 4 is 0 Å². The largest absolute Gasteiger partial charge is 0.457 e. The van der Waals surface area contributed by atoms with Gasteiger partial charge in [-0.05, 0) is 13.8 Å². The van der Waals surface area contributed by atoms with E-state index in [2.05, 4.69) is 9.47 Å². The van der Waals surface area contributed by atoms with Gasteiger partial charge in [0.25, 0.3) is 0 Å². The van der Waals surface area contributed by atoms with Crippen molar-refractivity contribution in [3.05, 3.63) is 117 Å². The van der Waals surface area contributed by atoms with Gasteiger partial charge in [0.15, 0.2) is 0 Å². The monoisotopic (exact) mass is 656 g/mol. The first-order chi connectivity index (χ1) is 20.9. The molecule has 0 heterocycles. The fourth-order valence-electron chi connectivity index (χ4n) is 3.75. The number of hydrogen-bond acceptors (Lipinski definition) is 4. The van der Waals surface area contributed by atoms with Gasteiger partial charge in [0.05, 0.1) is 0 Å². The van der Waals surface area contributed by atoms with Gasteiger partial charge >= 0.3 is 12.2 Å². The molecule has 4 aromatic rings. The van der Waals surface area contributed by atoms with Crippen LogP contribution >= 0.6 is 0 Å². The van der Waals surface area contributed by atoms with E-state index in [-0.39, 0.29) is 24.3 Å². The van der Waals surface area contributed by atoms with Crippen LogP contribution in [0.5, 0.6) is 23.0 Å². The number of hydrogen-bond donors (Lipinski definition) is 0. The summed E-state index contributed by atoms with van der Waals surface area (Å²) in [4.78, 5) is 0. The third kappa shape index (κ3) is 7.15. The Morgan fingerprint density at radius 3 is 0.933 bits per heavy atom. The average Bonchev–Trinajstić information content (AvgIpc) is 2.88. The van der Waals surface area contributed by atoms with E-state index in [1.807, 2.05) is 0 Å². The summed E-state index contributed by atoms with van der Waals surface area (Å²) in [7, 11) is 0. The molecular weight excluding hydrogens is 640 g/mol. The summed E-state index contributed by atoms with van der Waals surface area (Å²) in [6, 6.07) is 2.40. The van der Waals surface area contributed by atoms with E-state index in [9.17, 15) is 52.7 Å². The zero-order valence-electron chi connectivity index (χ0n) is 22.5. The van der Waals surface area contributed by atoms with Crippen LogP contribution in [0, 0.1) is 60.4 Å². The highest BCUT2D eigenvalue weighted by Gasteiger charge is 2.43. The highest BCUT2D eigenvalue weighted by molar-refractivity contribution is 5.36. The summed E-state index contributed by atoms with van der Waals surface area (Å²) in [6.45, 7) is 0.915. The second-order valence-corrected chi connectivity index (χ2v) is 9.19. The molecule has 0 amide bonds. The zero-order chi connectivity index (χ0) is 33.4. The third-order valence-corrected chi connectivity index (χ3v) is 6.07. The summed E-state index contributed by atoms with van der Waals surface area (Å²) in [6.07, 6.45) is -9.55. The molecule has 0 aliphatic rings. The van der Waals surface area contributed by atoms with Crippen LogP contribution in [0.15, 0.2) is 48.5 Å². The number of halogens is 12. The summed E-state index contributed by atoms with van der Waals surface area (Å²) < 4.78 is 188. The molecule has 0 unspecified atom stereocenters. The van der Waals surface area contributed by atoms with Gasteiger partial charge in [-0.2, -0.15) is 17.6 Å². The molecule has 4 rings (SSSR count). The van der Waals surface area contributed by atoms with E-state index in [4.69, 9.17) is 9.47 Å². The third-order valence-electron chi connectivity index (χ3n) is 6.07. The molecule has 0 aliphatic heterocycles. The van der Waals surface area contributed by atoms with Crippen LogP contribution in [0.2, 0.25) is 0 Å². The minimum Gasteiger partial charge on any atom is -0.457 e. The quantitative estimate of drug-likeness (QED) is 0.126. The Kier molecular flexibility index (Phi) is 9.07. The molecule has 0 bridgehead atoms. The molecule has 16 heteroatoms. The Bertz CT molecular complexity index is 1540. The summed E-state index contributed by atoms with van der Waals surface area (Å²) in [5.74, 6) is -16.6. The number of rotatable bonds is 10. The van der Waals surface area contributed by atoms with Crippen LogP contribution in [0.25, 0.3) is 0 Å². The Labute approximate surface area is 245 Å². The Hall–Kier alpha value is -4.76. The summed E-state index contributed by atoms with van der Waals surface area (Å²) >= 11 is 0. The second kappa shape index (κ2) is 12.3. The van der Waals surface area contributed by atoms with E-state index in [0.29, 0.717) is 24.3 Å². The molecule has 240 valence electrons. The van der Waals surface area contributed by atoms with Crippen LogP contribution in [0.1, 0.15) is 22.3 Å². The molecular formula is C29H16F12O4. The molecule has 0 fully saturated rings. The van der Waals surface area contributed by atoms with E-state index < -0.39 is 111 Å². The summed E-state index contributed by atoms with van der Waals surface area (Å²) in [5.41, 5.74) is -4.96. The molecule has 4 nitrogen and oxygen atoms in total. The van der Waals surface area contributed by atoms with Crippen molar-refractivity contribution in [1.29, 1.82) is 0 Å². The lowest BCUT2D eigenvalue weighted by Crippen LogP contribution is -2.25. The number of benzene rings is 4. The van der Waals surface area contributed by atoms with Gasteiger partial charge in [-0.25, -0.2) is 35.1 Å². The number of ether oxygens (including phenoxy) is 4. The maximum atomic E-state index is 14.5. The molecule has 0 aliphatic carbocycles. The molecule has 4 aromatic carbocycles. The highest BCUT2D eigenvalue weighted by Crippen LogP contribution is 2.39.